The van der Waals surface area contributed by atoms with Gasteiger partial charge in [0, 0.05) is 17.6 Å². The van der Waals surface area contributed by atoms with Crippen molar-refractivity contribution in [2.24, 2.45) is 0 Å². The number of fused-ring (bicyclic) bond motifs is 1. The molecule has 5 nitrogen and oxygen atoms in total. The van der Waals surface area contributed by atoms with E-state index in [1.54, 1.807) is 24.3 Å². The highest BCUT2D eigenvalue weighted by atomic mass is 16.3. The second kappa shape index (κ2) is 8.94. The molecule has 2 aromatic rings. The first-order valence-electron chi connectivity index (χ1n) is 7.04. The monoisotopic (exact) mass is 290 g/mol. The Morgan fingerprint density at radius 3 is 2.67 bits per heavy atom. The third kappa shape index (κ3) is 5.06. The molecule has 0 aliphatic rings. The van der Waals surface area contributed by atoms with Gasteiger partial charge >= 0.3 is 0 Å². The van der Waals surface area contributed by atoms with Crippen molar-refractivity contribution in [3.8, 4) is 5.75 Å². The lowest BCUT2D eigenvalue weighted by Crippen LogP contribution is -2.29. The van der Waals surface area contributed by atoms with Crippen LogP contribution in [0.2, 0.25) is 0 Å². The molecule has 2 rings (SSSR count). The van der Waals surface area contributed by atoms with Gasteiger partial charge < -0.3 is 20.8 Å². The number of benzene rings is 2. The van der Waals surface area contributed by atoms with Crippen molar-refractivity contribution in [2.75, 3.05) is 25.0 Å². The lowest BCUT2D eigenvalue weighted by molar-refractivity contribution is -0.115. The average molecular weight is 290 g/mol. The van der Waals surface area contributed by atoms with Crippen LogP contribution in [0.4, 0.5) is 5.69 Å². The van der Waals surface area contributed by atoms with Crippen LogP contribution in [-0.2, 0) is 4.79 Å². The van der Waals surface area contributed by atoms with Gasteiger partial charge in [-0.1, -0.05) is 32.0 Å². The summed E-state index contributed by atoms with van der Waals surface area (Å²) in [6.45, 7) is 4.51. The molecule has 0 saturated heterocycles. The van der Waals surface area contributed by atoms with E-state index in [0.29, 0.717) is 12.2 Å². The Morgan fingerprint density at radius 1 is 1.19 bits per heavy atom. The number of phenols is 1. The SMILES string of the molecule is CC.O=C(CNCCO)Nc1cccc2ccc(O)cc12. The zero-order chi connectivity index (χ0) is 15.7. The minimum absolute atomic E-state index is 0.00454. The number of carbonyl (C=O) groups excluding carboxylic acids is 1. The van der Waals surface area contributed by atoms with Crippen LogP contribution in [0.1, 0.15) is 13.8 Å². The summed E-state index contributed by atoms with van der Waals surface area (Å²) >= 11 is 0. The van der Waals surface area contributed by atoms with Crippen molar-refractivity contribution in [3.05, 3.63) is 36.4 Å². The highest BCUT2D eigenvalue weighted by Crippen LogP contribution is 2.26. The zero-order valence-electron chi connectivity index (χ0n) is 12.4. The van der Waals surface area contributed by atoms with Crippen molar-refractivity contribution >= 4 is 22.4 Å². The van der Waals surface area contributed by atoms with Crippen LogP contribution in [-0.4, -0.2) is 35.8 Å². The molecule has 5 heteroatoms. The second-order valence-corrected chi connectivity index (χ2v) is 4.16. The van der Waals surface area contributed by atoms with Gasteiger partial charge in [-0.25, -0.2) is 0 Å². The van der Waals surface area contributed by atoms with Crippen molar-refractivity contribution in [1.29, 1.82) is 0 Å². The molecule has 0 aliphatic heterocycles. The van der Waals surface area contributed by atoms with E-state index in [1.807, 2.05) is 26.0 Å². The van der Waals surface area contributed by atoms with E-state index in [0.717, 1.165) is 10.8 Å². The number of hydrogen-bond donors (Lipinski definition) is 4. The van der Waals surface area contributed by atoms with Crippen LogP contribution in [0.5, 0.6) is 5.75 Å². The summed E-state index contributed by atoms with van der Waals surface area (Å²) in [7, 11) is 0. The summed E-state index contributed by atoms with van der Waals surface area (Å²) in [5, 5.41) is 25.4. The number of aliphatic hydroxyl groups excluding tert-OH is 1. The maximum Gasteiger partial charge on any atom is 0.238 e. The van der Waals surface area contributed by atoms with Crippen LogP contribution in [0, 0.1) is 0 Å². The Balaban J connectivity index is 0.00000106. The number of anilines is 1. The summed E-state index contributed by atoms with van der Waals surface area (Å²) in [6, 6.07) is 10.6. The Hall–Kier alpha value is -2.11. The van der Waals surface area contributed by atoms with Gasteiger partial charge in [-0.05, 0) is 23.6 Å². The first-order valence-corrected chi connectivity index (χ1v) is 7.04. The highest BCUT2D eigenvalue weighted by molar-refractivity contribution is 6.03. The van der Waals surface area contributed by atoms with Crippen molar-refractivity contribution in [1.82, 2.24) is 5.32 Å². The summed E-state index contributed by atoms with van der Waals surface area (Å²) in [6.07, 6.45) is 0. The number of amides is 1. The van der Waals surface area contributed by atoms with Crippen molar-refractivity contribution < 1.29 is 15.0 Å². The predicted molar refractivity (Wildman–Crippen MR) is 85.5 cm³/mol. The van der Waals surface area contributed by atoms with E-state index in [1.165, 1.54) is 0 Å². The molecular weight excluding hydrogens is 268 g/mol. The number of rotatable bonds is 5. The molecular formula is C16H22N2O3. The van der Waals surface area contributed by atoms with Gasteiger partial charge in [-0.2, -0.15) is 0 Å². The molecule has 1 amide bonds. The zero-order valence-corrected chi connectivity index (χ0v) is 12.4. The van der Waals surface area contributed by atoms with E-state index in [9.17, 15) is 9.90 Å². The van der Waals surface area contributed by atoms with Gasteiger partial charge in [-0.15, -0.1) is 0 Å². The van der Waals surface area contributed by atoms with Crippen LogP contribution < -0.4 is 10.6 Å². The minimum Gasteiger partial charge on any atom is -0.508 e. The summed E-state index contributed by atoms with van der Waals surface area (Å²) < 4.78 is 0. The predicted octanol–water partition coefficient (Wildman–Crippen LogP) is 2.09. The van der Waals surface area contributed by atoms with Gasteiger partial charge in [0.25, 0.3) is 0 Å². The lowest BCUT2D eigenvalue weighted by atomic mass is 10.1. The number of hydrogen-bond acceptors (Lipinski definition) is 4. The Morgan fingerprint density at radius 2 is 1.95 bits per heavy atom. The van der Waals surface area contributed by atoms with Gasteiger partial charge in [0.05, 0.1) is 13.2 Å². The normalized spacial score (nSPS) is 9.86. The number of aromatic hydroxyl groups is 1. The molecule has 2 aromatic carbocycles. The fourth-order valence-electron chi connectivity index (χ4n) is 1.85. The Labute approximate surface area is 124 Å². The van der Waals surface area contributed by atoms with Gasteiger partial charge in [0.1, 0.15) is 5.75 Å². The molecule has 0 heterocycles. The molecule has 0 fully saturated rings. The first-order chi connectivity index (χ1) is 10.2. The van der Waals surface area contributed by atoms with Gasteiger partial charge in [0.2, 0.25) is 5.91 Å². The molecule has 0 unspecified atom stereocenters. The third-order valence-electron chi connectivity index (χ3n) is 2.71. The fourth-order valence-corrected chi connectivity index (χ4v) is 1.85. The maximum atomic E-state index is 11.7. The van der Waals surface area contributed by atoms with Gasteiger partial charge in [-0.3, -0.25) is 4.79 Å². The third-order valence-corrected chi connectivity index (χ3v) is 2.71. The molecule has 21 heavy (non-hydrogen) atoms. The average Bonchev–Trinajstić information content (AvgIpc) is 2.50. The molecule has 0 aliphatic carbocycles. The first kappa shape index (κ1) is 16.9. The molecule has 0 aromatic heterocycles. The number of carbonyl (C=O) groups is 1. The largest absolute Gasteiger partial charge is 0.508 e. The topological polar surface area (TPSA) is 81.6 Å². The van der Waals surface area contributed by atoms with E-state index >= 15 is 0 Å². The van der Waals surface area contributed by atoms with E-state index in [2.05, 4.69) is 10.6 Å². The number of phenolic OH excluding ortho intramolecular Hbond substituents is 1. The van der Waals surface area contributed by atoms with E-state index in [-0.39, 0.29) is 24.8 Å². The number of aliphatic hydroxyl groups is 1. The molecule has 0 atom stereocenters. The lowest BCUT2D eigenvalue weighted by Gasteiger charge is -2.09. The Kier molecular flexibility index (Phi) is 7.21. The minimum atomic E-state index is -0.190. The van der Waals surface area contributed by atoms with Crippen LogP contribution in [0.25, 0.3) is 10.8 Å². The summed E-state index contributed by atoms with van der Waals surface area (Å²) in [5.41, 5.74) is 0.657. The molecule has 0 bridgehead atoms. The van der Waals surface area contributed by atoms with E-state index in [4.69, 9.17) is 5.11 Å². The Bertz CT molecular complexity index is 585. The van der Waals surface area contributed by atoms with Crippen molar-refractivity contribution in [3.63, 3.8) is 0 Å². The molecule has 0 saturated carbocycles. The quantitative estimate of drug-likeness (QED) is 0.636. The number of nitrogens with one attached hydrogen (secondary N) is 2. The molecule has 4 N–H and O–H groups in total. The molecule has 0 spiro atoms. The highest BCUT2D eigenvalue weighted by Gasteiger charge is 2.06. The molecule has 0 radical (unpaired) electrons. The smallest absolute Gasteiger partial charge is 0.238 e. The summed E-state index contributed by atoms with van der Waals surface area (Å²) in [5.74, 6) is -0.0307. The summed E-state index contributed by atoms with van der Waals surface area (Å²) in [4.78, 5) is 11.7. The van der Waals surface area contributed by atoms with Crippen LogP contribution in [0.3, 0.4) is 0 Å². The standard InChI is InChI=1S/C14H16N2O3.C2H6/c17-7-6-15-9-14(19)16-13-3-1-2-10-4-5-11(18)8-12(10)13;1-2/h1-5,8,15,17-18H,6-7,9H2,(H,16,19);1-2H3. The molecule has 114 valence electrons. The van der Waals surface area contributed by atoms with Gasteiger partial charge in [0.15, 0.2) is 0 Å². The van der Waals surface area contributed by atoms with Crippen LogP contribution in [0.15, 0.2) is 36.4 Å². The van der Waals surface area contributed by atoms with Crippen LogP contribution >= 0.6 is 0 Å². The van der Waals surface area contributed by atoms with E-state index < -0.39 is 0 Å². The maximum absolute atomic E-state index is 11.7. The fraction of sp³-hybridized carbons (Fsp3) is 0.312. The second-order valence-electron chi connectivity index (χ2n) is 4.16. The van der Waals surface area contributed by atoms with Crippen molar-refractivity contribution in [2.45, 2.75) is 13.8 Å².